The van der Waals surface area contributed by atoms with Gasteiger partial charge < -0.3 is 10.3 Å². The summed E-state index contributed by atoms with van der Waals surface area (Å²) in [7, 11) is 0. The molecule has 1 aromatic heterocycles. The minimum Gasteiger partial charge on any atom is -0.361 e. The number of benzene rings is 2. The molecule has 0 atom stereocenters. The number of imidazole rings is 1. The lowest BCUT2D eigenvalue weighted by atomic mass is 10.1. The van der Waals surface area contributed by atoms with Crippen molar-refractivity contribution in [2.75, 3.05) is 0 Å². The van der Waals surface area contributed by atoms with Crippen LogP contribution < -0.4 is 5.32 Å². The molecule has 0 saturated carbocycles. The summed E-state index contributed by atoms with van der Waals surface area (Å²) in [6.45, 7) is 0. The van der Waals surface area contributed by atoms with Crippen LogP contribution in [0.15, 0.2) is 91.4 Å². The number of aromatic amines is 1. The number of nitrogens with zero attached hydrogens (tertiary/aromatic N) is 1. The zero-order valence-electron chi connectivity index (χ0n) is 12.1. The van der Waals surface area contributed by atoms with Gasteiger partial charge in [-0.05, 0) is 29.8 Å². The van der Waals surface area contributed by atoms with E-state index in [0.29, 0.717) is 0 Å². The van der Waals surface area contributed by atoms with Crippen molar-refractivity contribution in [2.24, 2.45) is 0 Å². The predicted molar refractivity (Wildman–Crippen MR) is 91.9 cm³/mol. The van der Waals surface area contributed by atoms with E-state index >= 15 is 0 Å². The Labute approximate surface area is 129 Å². The number of nitrogens with one attached hydrogen (secondary N) is 2. The van der Waals surface area contributed by atoms with Crippen molar-refractivity contribution < 1.29 is 0 Å². The fourth-order valence-corrected chi connectivity index (χ4v) is 2.13. The van der Waals surface area contributed by atoms with E-state index in [4.69, 9.17) is 0 Å². The molecule has 1 aliphatic heterocycles. The second kappa shape index (κ2) is 7.09. The van der Waals surface area contributed by atoms with Crippen LogP contribution in [0, 0.1) is 0 Å². The standard InChI is InChI=1S/C12H11N.C7H6N2/c1-3-7-11(8-4-1)12-9-5-2-6-10-13-12;1-2-4-7-6(3-1)8-5-9-7/h1-10,13H;1-5H,(H,8,9). The Morgan fingerprint density at radius 1 is 0.773 bits per heavy atom. The molecule has 108 valence electrons. The number of hydrogen-bond donors (Lipinski definition) is 2. The Balaban J connectivity index is 0.000000139. The van der Waals surface area contributed by atoms with E-state index in [-0.39, 0.29) is 0 Å². The summed E-state index contributed by atoms with van der Waals surface area (Å²) in [5.41, 5.74) is 4.46. The number of hydrogen-bond acceptors (Lipinski definition) is 2. The summed E-state index contributed by atoms with van der Waals surface area (Å²) < 4.78 is 0. The molecule has 0 fully saturated rings. The molecule has 3 nitrogen and oxygen atoms in total. The third-order valence-corrected chi connectivity index (χ3v) is 3.23. The second-order valence-corrected chi connectivity index (χ2v) is 4.75. The molecule has 2 heterocycles. The first-order valence-electron chi connectivity index (χ1n) is 7.17. The van der Waals surface area contributed by atoms with Gasteiger partial charge in [0.25, 0.3) is 0 Å². The summed E-state index contributed by atoms with van der Waals surface area (Å²) >= 11 is 0. The van der Waals surface area contributed by atoms with E-state index in [1.165, 1.54) is 5.56 Å². The normalized spacial score (nSPS) is 12.8. The molecule has 0 aliphatic carbocycles. The average Bonchev–Trinajstić information content (AvgIpc) is 2.89. The van der Waals surface area contributed by atoms with Crippen LogP contribution in [0.25, 0.3) is 16.7 Å². The van der Waals surface area contributed by atoms with Gasteiger partial charge in [0.1, 0.15) is 0 Å². The van der Waals surface area contributed by atoms with Crippen LogP contribution in [0.5, 0.6) is 0 Å². The number of rotatable bonds is 1. The zero-order valence-corrected chi connectivity index (χ0v) is 12.1. The summed E-state index contributed by atoms with van der Waals surface area (Å²) in [4.78, 5) is 7.07. The van der Waals surface area contributed by atoms with E-state index < -0.39 is 0 Å². The second-order valence-electron chi connectivity index (χ2n) is 4.75. The van der Waals surface area contributed by atoms with E-state index in [9.17, 15) is 0 Å². The highest BCUT2D eigenvalue weighted by Gasteiger charge is 1.96. The van der Waals surface area contributed by atoms with Gasteiger partial charge in [0.15, 0.2) is 0 Å². The molecule has 0 saturated heterocycles. The molecule has 0 unspecified atom stereocenters. The van der Waals surface area contributed by atoms with E-state index in [0.717, 1.165) is 16.7 Å². The largest absolute Gasteiger partial charge is 0.361 e. The van der Waals surface area contributed by atoms with Crippen LogP contribution in [-0.2, 0) is 0 Å². The summed E-state index contributed by atoms with van der Waals surface area (Å²) in [6, 6.07) is 18.2. The lowest BCUT2D eigenvalue weighted by Crippen LogP contribution is -2.02. The monoisotopic (exact) mass is 287 g/mol. The molecule has 4 rings (SSSR count). The number of allylic oxidation sites excluding steroid dienone is 4. The lowest BCUT2D eigenvalue weighted by molar-refractivity contribution is 1.22. The number of aromatic nitrogens is 2. The summed E-state index contributed by atoms with van der Waals surface area (Å²) in [5.74, 6) is 0. The van der Waals surface area contributed by atoms with Gasteiger partial charge in [0, 0.05) is 11.9 Å². The Hall–Kier alpha value is -3.07. The maximum atomic E-state index is 4.06. The Morgan fingerprint density at radius 3 is 2.45 bits per heavy atom. The van der Waals surface area contributed by atoms with Crippen molar-refractivity contribution in [1.29, 1.82) is 0 Å². The Morgan fingerprint density at radius 2 is 1.59 bits per heavy atom. The smallest absolute Gasteiger partial charge is 0.0931 e. The van der Waals surface area contributed by atoms with Crippen LogP contribution in [-0.4, -0.2) is 9.97 Å². The molecule has 22 heavy (non-hydrogen) atoms. The molecule has 2 N–H and O–H groups in total. The first kappa shape index (κ1) is 13.9. The van der Waals surface area contributed by atoms with E-state index in [1.54, 1.807) is 6.33 Å². The number of para-hydroxylation sites is 2. The van der Waals surface area contributed by atoms with Crippen LogP contribution in [0.3, 0.4) is 0 Å². The molecular weight excluding hydrogens is 270 g/mol. The van der Waals surface area contributed by atoms with Gasteiger partial charge in [0.05, 0.1) is 17.4 Å². The van der Waals surface area contributed by atoms with Gasteiger partial charge in [0.2, 0.25) is 0 Å². The minimum atomic E-state index is 1.03. The molecule has 0 bridgehead atoms. The van der Waals surface area contributed by atoms with Gasteiger partial charge in [-0.25, -0.2) is 4.98 Å². The zero-order chi connectivity index (χ0) is 15.0. The van der Waals surface area contributed by atoms with Crippen molar-refractivity contribution in [3.05, 3.63) is 97.0 Å². The Bertz CT molecular complexity index is 781. The van der Waals surface area contributed by atoms with Crippen molar-refractivity contribution in [3.8, 4) is 0 Å². The molecular formula is C19H17N3. The van der Waals surface area contributed by atoms with Crippen molar-refractivity contribution >= 4 is 16.7 Å². The van der Waals surface area contributed by atoms with Crippen LogP contribution in [0.2, 0.25) is 0 Å². The number of fused-ring (bicyclic) bond motifs is 1. The third kappa shape index (κ3) is 3.52. The molecule has 1 aliphatic rings. The maximum absolute atomic E-state index is 4.06. The third-order valence-electron chi connectivity index (χ3n) is 3.23. The predicted octanol–water partition coefficient (Wildman–Crippen LogP) is 4.26. The molecule has 0 amide bonds. The van der Waals surface area contributed by atoms with Crippen LogP contribution in [0.1, 0.15) is 5.56 Å². The topological polar surface area (TPSA) is 40.7 Å². The summed E-state index contributed by atoms with van der Waals surface area (Å²) in [5, 5.41) is 3.22. The highest BCUT2D eigenvalue weighted by atomic mass is 14.9. The maximum Gasteiger partial charge on any atom is 0.0931 e. The van der Waals surface area contributed by atoms with E-state index in [1.807, 2.05) is 66.9 Å². The Kier molecular flexibility index (Phi) is 4.47. The van der Waals surface area contributed by atoms with Gasteiger partial charge in [-0.2, -0.15) is 0 Å². The molecule has 0 spiro atoms. The van der Waals surface area contributed by atoms with Crippen molar-refractivity contribution in [3.63, 3.8) is 0 Å². The molecule has 3 heteroatoms. The average molecular weight is 287 g/mol. The first-order valence-corrected chi connectivity index (χ1v) is 7.17. The number of H-pyrrole nitrogens is 1. The van der Waals surface area contributed by atoms with Gasteiger partial charge in [-0.3, -0.25) is 0 Å². The van der Waals surface area contributed by atoms with Crippen molar-refractivity contribution in [1.82, 2.24) is 15.3 Å². The van der Waals surface area contributed by atoms with Crippen molar-refractivity contribution in [2.45, 2.75) is 0 Å². The minimum absolute atomic E-state index is 1.03. The summed E-state index contributed by atoms with van der Waals surface area (Å²) in [6.07, 6.45) is 11.7. The molecule has 2 aromatic carbocycles. The van der Waals surface area contributed by atoms with Gasteiger partial charge in [-0.15, -0.1) is 0 Å². The highest BCUT2D eigenvalue weighted by molar-refractivity contribution is 5.73. The van der Waals surface area contributed by atoms with Gasteiger partial charge in [-0.1, -0.05) is 54.6 Å². The fraction of sp³-hybridized carbons (Fsp3) is 0. The van der Waals surface area contributed by atoms with Crippen LogP contribution >= 0.6 is 0 Å². The fourth-order valence-electron chi connectivity index (χ4n) is 2.13. The van der Waals surface area contributed by atoms with E-state index in [2.05, 4.69) is 33.5 Å². The first-order chi connectivity index (χ1) is 10.9. The van der Waals surface area contributed by atoms with Crippen LogP contribution in [0.4, 0.5) is 0 Å². The SMILES string of the molecule is C1=CC=C(c2ccccc2)NC=C1.c1ccc2[nH]cnc2c1. The molecule has 3 aromatic rings. The lowest BCUT2D eigenvalue weighted by Gasteiger charge is -2.04. The van der Waals surface area contributed by atoms with Gasteiger partial charge >= 0.3 is 0 Å². The quantitative estimate of drug-likeness (QED) is 0.702. The highest BCUT2D eigenvalue weighted by Crippen LogP contribution is 2.11. The molecule has 0 radical (unpaired) electrons.